The van der Waals surface area contributed by atoms with Gasteiger partial charge in [-0.3, -0.25) is 4.90 Å². The number of aromatic nitrogens is 5. The fourth-order valence-electron chi connectivity index (χ4n) is 4.15. The van der Waals surface area contributed by atoms with Gasteiger partial charge in [0, 0.05) is 44.1 Å². The minimum absolute atomic E-state index is 0.386. The van der Waals surface area contributed by atoms with Gasteiger partial charge < -0.3 is 11.1 Å². The second-order valence-corrected chi connectivity index (χ2v) is 8.13. The van der Waals surface area contributed by atoms with Crippen molar-refractivity contribution in [3.63, 3.8) is 0 Å². The van der Waals surface area contributed by atoms with Gasteiger partial charge in [-0.15, -0.1) is 5.10 Å². The van der Waals surface area contributed by atoms with Gasteiger partial charge in [-0.2, -0.15) is 0 Å². The normalized spacial score (nSPS) is 15.4. The summed E-state index contributed by atoms with van der Waals surface area (Å²) in [7, 11) is 0. The van der Waals surface area contributed by atoms with Crippen molar-refractivity contribution < 1.29 is 0 Å². The fraction of sp³-hybridized carbons (Fsp3) is 0.304. The van der Waals surface area contributed by atoms with E-state index in [-0.39, 0.29) is 0 Å². The molecule has 0 saturated carbocycles. The summed E-state index contributed by atoms with van der Waals surface area (Å²) in [6.07, 6.45) is 7.44. The molecule has 1 aliphatic rings. The molecule has 1 fully saturated rings. The molecule has 3 aromatic heterocycles. The molecule has 0 spiro atoms. The molecule has 8 nitrogen and oxygen atoms in total. The number of nitrogens with one attached hydrogen (secondary N) is 1. The largest absolute Gasteiger partial charge is 0.382 e. The maximum absolute atomic E-state index is 6.19. The van der Waals surface area contributed by atoms with Crippen LogP contribution in [-0.4, -0.2) is 48.6 Å². The summed E-state index contributed by atoms with van der Waals surface area (Å²) in [5.74, 6) is 1.22. The molecule has 0 radical (unpaired) electrons. The topological polar surface area (TPSA) is 97.3 Å². The van der Waals surface area contributed by atoms with E-state index in [2.05, 4.69) is 60.6 Å². The maximum atomic E-state index is 6.19. The number of anilines is 2. The number of hydrogen-bond acceptors (Lipinski definition) is 7. The Kier molecular flexibility index (Phi) is 5.21. The zero-order valence-corrected chi connectivity index (χ0v) is 17.6. The molecule has 0 unspecified atom stereocenters. The highest BCUT2D eigenvalue weighted by molar-refractivity contribution is 5.84. The zero-order chi connectivity index (χ0) is 21.2. The molecule has 1 saturated heterocycles. The standard InChI is InChI=1S/C23H26N8/c1-16-12-25-23-21(22(24)29-31(23)13-16)19-11-20(27-15-26-19)28-18-7-9-30(10-8-18)14-17-5-3-2-4-6-17/h2-6,11-13,15,18H,7-10,14H2,1H3,(H2,24,29)(H,26,27,28). The van der Waals surface area contributed by atoms with E-state index >= 15 is 0 Å². The first-order valence-corrected chi connectivity index (χ1v) is 10.6. The molecule has 4 aromatic rings. The van der Waals surface area contributed by atoms with Crippen molar-refractivity contribution in [2.24, 2.45) is 0 Å². The minimum atomic E-state index is 0.386. The molecular weight excluding hydrogens is 388 g/mol. The molecule has 0 bridgehead atoms. The summed E-state index contributed by atoms with van der Waals surface area (Å²) in [4.78, 5) is 15.9. The fourth-order valence-corrected chi connectivity index (χ4v) is 4.15. The van der Waals surface area contributed by atoms with Crippen LogP contribution in [0.4, 0.5) is 11.6 Å². The van der Waals surface area contributed by atoms with E-state index in [9.17, 15) is 0 Å². The van der Waals surface area contributed by atoms with Crippen molar-refractivity contribution >= 4 is 17.3 Å². The molecule has 158 valence electrons. The van der Waals surface area contributed by atoms with Crippen LogP contribution in [0.15, 0.2) is 55.1 Å². The lowest BCUT2D eigenvalue weighted by Gasteiger charge is -2.32. The number of hydrogen-bond donors (Lipinski definition) is 2. The van der Waals surface area contributed by atoms with Gasteiger partial charge in [0.05, 0.1) is 11.3 Å². The van der Waals surface area contributed by atoms with E-state index in [1.807, 2.05) is 25.4 Å². The lowest BCUT2D eigenvalue weighted by Crippen LogP contribution is -2.38. The summed E-state index contributed by atoms with van der Waals surface area (Å²) in [5, 5.41) is 7.96. The van der Waals surface area contributed by atoms with Gasteiger partial charge in [-0.1, -0.05) is 30.3 Å². The molecule has 0 amide bonds. The van der Waals surface area contributed by atoms with Crippen molar-refractivity contribution in [3.8, 4) is 11.3 Å². The number of nitrogens with zero attached hydrogens (tertiary/aromatic N) is 6. The van der Waals surface area contributed by atoms with Gasteiger partial charge in [0.2, 0.25) is 0 Å². The Balaban J connectivity index is 1.27. The number of rotatable bonds is 5. The van der Waals surface area contributed by atoms with Gasteiger partial charge in [0.25, 0.3) is 0 Å². The molecule has 3 N–H and O–H groups in total. The van der Waals surface area contributed by atoms with Crippen molar-refractivity contribution in [3.05, 3.63) is 66.2 Å². The predicted octanol–water partition coefficient (Wildman–Crippen LogP) is 3.15. The van der Waals surface area contributed by atoms with Crippen LogP contribution in [0.5, 0.6) is 0 Å². The van der Waals surface area contributed by atoms with Gasteiger partial charge in [0.15, 0.2) is 11.5 Å². The number of nitrogens with two attached hydrogens (primary N) is 1. The van der Waals surface area contributed by atoms with Gasteiger partial charge in [0.1, 0.15) is 12.1 Å². The Morgan fingerprint density at radius 3 is 2.71 bits per heavy atom. The highest BCUT2D eigenvalue weighted by Gasteiger charge is 2.21. The molecule has 4 heterocycles. The average molecular weight is 415 g/mol. The summed E-state index contributed by atoms with van der Waals surface area (Å²) in [6.45, 7) is 5.11. The monoisotopic (exact) mass is 414 g/mol. The van der Waals surface area contributed by atoms with Crippen molar-refractivity contribution in [2.45, 2.75) is 32.4 Å². The smallest absolute Gasteiger partial charge is 0.166 e. The molecule has 0 aliphatic carbocycles. The van der Waals surface area contributed by atoms with Crippen LogP contribution in [0, 0.1) is 6.92 Å². The molecule has 5 rings (SSSR count). The number of piperidine rings is 1. The Bertz CT molecular complexity index is 1180. The molecule has 8 heteroatoms. The van der Waals surface area contributed by atoms with Crippen LogP contribution >= 0.6 is 0 Å². The first-order chi connectivity index (χ1) is 15.2. The van der Waals surface area contributed by atoms with Crippen LogP contribution in [0.1, 0.15) is 24.0 Å². The van der Waals surface area contributed by atoms with Crippen molar-refractivity contribution in [2.75, 3.05) is 24.1 Å². The number of nitrogen functional groups attached to an aromatic ring is 1. The first kappa shape index (κ1) is 19.4. The second-order valence-electron chi connectivity index (χ2n) is 8.13. The van der Waals surface area contributed by atoms with Crippen LogP contribution < -0.4 is 11.1 Å². The predicted molar refractivity (Wildman–Crippen MR) is 122 cm³/mol. The van der Waals surface area contributed by atoms with Crippen LogP contribution in [0.25, 0.3) is 16.9 Å². The van der Waals surface area contributed by atoms with Gasteiger partial charge in [-0.25, -0.2) is 19.5 Å². The second kappa shape index (κ2) is 8.31. The van der Waals surface area contributed by atoms with Crippen LogP contribution in [0.3, 0.4) is 0 Å². The highest BCUT2D eigenvalue weighted by Crippen LogP contribution is 2.29. The number of likely N-dealkylation sites (tertiary alicyclic amines) is 1. The Morgan fingerprint density at radius 2 is 1.90 bits per heavy atom. The molecule has 31 heavy (non-hydrogen) atoms. The average Bonchev–Trinajstić information content (AvgIpc) is 3.11. The third kappa shape index (κ3) is 4.20. The quantitative estimate of drug-likeness (QED) is 0.518. The SMILES string of the molecule is Cc1cnc2c(-c3cc(NC4CCN(Cc5ccccc5)CC4)ncn3)c(N)nn2c1. The van der Waals surface area contributed by atoms with E-state index < -0.39 is 0 Å². The zero-order valence-electron chi connectivity index (χ0n) is 17.6. The lowest BCUT2D eigenvalue weighted by atomic mass is 10.0. The van der Waals surface area contributed by atoms with E-state index in [1.54, 1.807) is 10.8 Å². The van der Waals surface area contributed by atoms with Gasteiger partial charge >= 0.3 is 0 Å². The number of benzene rings is 1. The molecular formula is C23H26N8. The van der Waals surface area contributed by atoms with E-state index in [0.717, 1.165) is 55.1 Å². The van der Waals surface area contributed by atoms with E-state index in [0.29, 0.717) is 17.5 Å². The third-order valence-electron chi connectivity index (χ3n) is 5.74. The van der Waals surface area contributed by atoms with Crippen molar-refractivity contribution in [1.29, 1.82) is 0 Å². The minimum Gasteiger partial charge on any atom is -0.382 e. The van der Waals surface area contributed by atoms with Crippen LogP contribution in [-0.2, 0) is 6.54 Å². The Labute approximate surface area is 181 Å². The maximum Gasteiger partial charge on any atom is 0.166 e. The highest BCUT2D eigenvalue weighted by atomic mass is 15.3. The Hall–Kier alpha value is -3.52. The molecule has 1 aliphatic heterocycles. The van der Waals surface area contributed by atoms with E-state index in [4.69, 9.17) is 5.73 Å². The summed E-state index contributed by atoms with van der Waals surface area (Å²) in [6, 6.07) is 13.0. The van der Waals surface area contributed by atoms with E-state index in [1.165, 1.54) is 5.56 Å². The third-order valence-corrected chi connectivity index (χ3v) is 5.74. The summed E-state index contributed by atoms with van der Waals surface area (Å²) >= 11 is 0. The summed E-state index contributed by atoms with van der Waals surface area (Å²) < 4.78 is 1.71. The molecule has 0 atom stereocenters. The van der Waals surface area contributed by atoms with Crippen molar-refractivity contribution in [1.82, 2.24) is 29.5 Å². The van der Waals surface area contributed by atoms with Crippen LogP contribution in [0.2, 0.25) is 0 Å². The Morgan fingerprint density at radius 1 is 1.10 bits per heavy atom. The molecule has 1 aromatic carbocycles. The summed E-state index contributed by atoms with van der Waals surface area (Å²) in [5.41, 5.74) is 10.7. The van der Waals surface area contributed by atoms with Gasteiger partial charge in [-0.05, 0) is 30.9 Å². The lowest BCUT2D eigenvalue weighted by molar-refractivity contribution is 0.211. The first-order valence-electron chi connectivity index (χ1n) is 10.6. The number of aryl methyl sites for hydroxylation is 1. The number of fused-ring (bicyclic) bond motifs is 1.